The topological polar surface area (TPSA) is 12.0 Å². The van der Waals surface area contributed by atoms with Gasteiger partial charge in [0, 0.05) is 17.6 Å². The molecule has 5 heteroatoms. The molecular formula is C15H19F4N. The highest BCUT2D eigenvalue weighted by Gasteiger charge is 2.45. The molecular weight excluding hydrogens is 270 g/mol. The maximum absolute atomic E-state index is 13.7. The first kappa shape index (κ1) is 15.3. The Morgan fingerprint density at radius 1 is 1.15 bits per heavy atom. The predicted molar refractivity (Wildman–Crippen MR) is 69.8 cm³/mol. The van der Waals surface area contributed by atoms with Crippen LogP contribution in [-0.4, -0.2) is 12.2 Å². The molecule has 1 aromatic rings. The Morgan fingerprint density at radius 2 is 1.80 bits per heavy atom. The third-order valence-electron chi connectivity index (χ3n) is 4.02. The fourth-order valence-electron chi connectivity index (χ4n) is 2.96. The number of nitrogens with one attached hydrogen (secondary N) is 1. The smallest absolute Gasteiger partial charge is 0.307 e. The second-order valence-electron chi connectivity index (χ2n) is 5.45. The zero-order valence-electron chi connectivity index (χ0n) is 11.4. The minimum absolute atomic E-state index is 0.158. The number of rotatable bonds is 3. The first-order valence-corrected chi connectivity index (χ1v) is 6.97. The van der Waals surface area contributed by atoms with Gasteiger partial charge in [0.25, 0.3) is 0 Å². The normalized spacial score (nSPS) is 25.4. The van der Waals surface area contributed by atoms with Crippen LogP contribution in [0.2, 0.25) is 0 Å². The Hall–Kier alpha value is -1.10. The van der Waals surface area contributed by atoms with Crippen LogP contribution >= 0.6 is 0 Å². The molecule has 0 unspecified atom stereocenters. The Kier molecular flexibility index (Phi) is 4.68. The summed E-state index contributed by atoms with van der Waals surface area (Å²) in [4.78, 5) is 0. The lowest BCUT2D eigenvalue weighted by Gasteiger charge is -2.35. The molecule has 0 aromatic heterocycles. The quantitative estimate of drug-likeness (QED) is 0.802. The van der Waals surface area contributed by atoms with Crippen molar-refractivity contribution in [2.75, 3.05) is 0 Å². The van der Waals surface area contributed by atoms with Crippen molar-refractivity contribution in [2.45, 2.75) is 50.9 Å². The van der Waals surface area contributed by atoms with Crippen molar-refractivity contribution in [2.24, 2.45) is 5.92 Å². The van der Waals surface area contributed by atoms with Crippen molar-refractivity contribution >= 4 is 0 Å². The SMILES string of the molecule is C[C@H](N[C@@H]1CCCC[C@H]1C(F)(F)F)c1ccccc1F. The van der Waals surface area contributed by atoms with Gasteiger partial charge in [0.05, 0.1) is 5.92 Å². The fourth-order valence-corrected chi connectivity index (χ4v) is 2.96. The monoisotopic (exact) mass is 289 g/mol. The average molecular weight is 289 g/mol. The molecule has 1 aromatic carbocycles. The predicted octanol–water partition coefficient (Wildman–Crippen LogP) is 4.60. The summed E-state index contributed by atoms with van der Waals surface area (Å²) in [7, 11) is 0. The van der Waals surface area contributed by atoms with Crippen molar-refractivity contribution in [3.63, 3.8) is 0 Å². The van der Waals surface area contributed by atoms with Gasteiger partial charge in [-0.2, -0.15) is 13.2 Å². The highest BCUT2D eigenvalue weighted by atomic mass is 19.4. The Morgan fingerprint density at radius 3 is 2.45 bits per heavy atom. The number of hydrogen-bond acceptors (Lipinski definition) is 1. The third kappa shape index (κ3) is 3.51. The van der Waals surface area contributed by atoms with Gasteiger partial charge in [0.15, 0.2) is 0 Å². The van der Waals surface area contributed by atoms with Crippen LogP contribution in [0.25, 0.3) is 0 Å². The Labute approximate surface area is 116 Å². The summed E-state index contributed by atoms with van der Waals surface area (Å²) in [6, 6.07) is 5.15. The van der Waals surface area contributed by atoms with Gasteiger partial charge in [-0.25, -0.2) is 4.39 Å². The minimum Gasteiger partial charge on any atom is -0.307 e. The number of halogens is 4. The molecule has 1 nitrogen and oxygen atoms in total. The molecule has 0 radical (unpaired) electrons. The van der Waals surface area contributed by atoms with Gasteiger partial charge in [-0.1, -0.05) is 31.0 Å². The standard InChI is InChI=1S/C15H19F4N/c1-10(11-6-2-4-8-13(11)16)20-14-9-5-3-7-12(14)15(17,18)19/h2,4,6,8,10,12,14,20H,3,5,7,9H2,1H3/t10-,12+,14+/m0/s1. The van der Waals surface area contributed by atoms with Gasteiger partial charge in [-0.3, -0.25) is 0 Å². The summed E-state index contributed by atoms with van der Waals surface area (Å²) < 4.78 is 52.7. The lowest BCUT2D eigenvalue weighted by Crippen LogP contribution is -2.46. The molecule has 0 amide bonds. The maximum atomic E-state index is 13.7. The van der Waals surface area contributed by atoms with E-state index in [1.165, 1.54) is 6.07 Å². The zero-order chi connectivity index (χ0) is 14.8. The number of benzene rings is 1. The first-order chi connectivity index (χ1) is 9.39. The molecule has 0 heterocycles. The van der Waals surface area contributed by atoms with E-state index < -0.39 is 24.2 Å². The van der Waals surface area contributed by atoms with Crippen LogP contribution in [-0.2, 0) is 0 Å². The number of alkyl halides is 3. The zero-order valence-corrected chi connectivity index (χ0v) is 11.4. The van der Waals surface area contributed by atoms with Crippen LogP contribution in [0.4, 0.5) is 17.6 Å². The number of hydrogen-bond donors (Lipinski definition) is 1. The minimum atomic E-state index is -4.19. The molecule has 2 rings (SSSR count). The molecule has 1 aliphatic rings. The first-order valence-electron chi connectivity index (χ1n) is 6.97. The molecule has 0 bridgehead atoms. The summed E-state index contributed by atoms with van der Waals surface area (Å²) in [6.07, 6.45) is -2.15. The van der Waals surface area contributed by atoms with Crippen molar-refractivity contribution in [3.05, 3.63) is 35.6 Å². The summed E-state index contributed by atoms with van der Waals surface area (Å²) >= 11 is 0. The molecule has 3 atom stereocenters. The largest absolute Gasteiger partial charge is 0.393 e. The van der Waals surface area contributed by atoms with Crippen LogP contribution < -0.4 is 5.32 Å². The van der Waals surface area contributed by atoms with E-state index in [1.54, 1.807) is 25.1 Å². The molecule has 1 N–H and O–H groups in total. The average Bonchev–Trinajstić information content (AvgIpc) is 2.38. The summed E-state index contributed by atoms with van der Waals surface area (Å²) in [6.45, 7) is 1.71. The van der Waals surface area contributed by atoms with Crippen molar-refractivity contribution in [1.82, 2.24) is 5.32 Å². The van der Waals surface area contributed by atoms with Crippen LogP contribution in [0.15, 0.2) is 24.3 Å². The van der Waals surface area contributed by atoms with Crippen LogP contribution in [0.1, 0.15) is 44.2 Å². The van der Waals surface area contributed by atoms with Gasteiger partial charge in [-0.05, 0) is 25.8 Å². The molecule has 1 aliphatic carbocycles. The van der Waals surface area contributed by atoms with Gasteiger partial charge in [0.1, 0.15) is 5.82 Å². The lowest BCUT2D eigenvalue weighted by molar-refractivity contribution is -0.189. The van der Waals surface area contributed by atoms with Crippen molar-refractivity contribution < 1.29 is 17.6 Å². The molecule has 1 saturated carbocycles. The van der Waals surface area contributed by atoms with E-state index in [0.717, 1.165) is 6.42 Å². The molecule has 112 valence electrons. The third-order valence-corrected chi connectivity index (χ3v) is 4.02. The van der Waals surface area contributed by atoms with E-state index in [0.29, 0.717) is 18.4 Å². The van der Waals surface area contributed by atoms with Crippen LogP contribution in [0, 0.1) is 11.7 Å². The van der Waals surface area contributed by atoms with Crippen molar-refractivity contribution in [3.8, 4) is 0 Å². The highest BCUT2D eigenvalue weighted by Crippen LogP contribution is 2.38. The van der Waals surface area contributed by atoms with Crippen molar-refractivity contribution in [1.29, 1.82) is 0 Å². The highest BCUT2D eigenvalue weighted by molar-refractivity contribution is 5.20. The summed E-state index contributed by atoms with van der Waals surface area (Å²) in [5.74, 6) is -1.71. The van der Waals surface area contributed by atoms with Crippen LogP contribution in [0.5, 0.6) is 0 Å². The van der Waals surface area contributed by atoms with Gasteiger partial charge >= 0.3 is 6.18 Å². The fraction of sp³-hybridized carbons (Fsp3) is 0.600. The van der Waals surface area contributed by atoms with E-state index >= 15 is 0 Å². The van der Waals surface area contributed by atoms with E-state index in [9.17, 15) is 17.6 Å². The van der Waals surface area contributed by atoms with E-state index in [1.807, 2.05) is 0 Å². The van der Waals surface area contributed by atoms with Crippen LogP contribution in [0.3, 0.4) is 0 Å². The summed E-state index contributed by atoms with van der Waals surface area (Å²) in [5, 5.41) is 2.97. The van der Waals surface area contributed by atoms with Gasteiger partial charge in [-0.15, -0.1) is 0 Å². The Bertz CT molecular complexity index is 444. The van der Waals surface area contributed by atoms with E-state index in [-0.39, 0.29) is 12.2 Å². The second-order valence-corrected chi connectivity index (χ2v) is 5.45. The van der Waals surface area contributed by atoms with Gasteiger partial charge in [0.2, 0.25) is 0 Å². The molecule has 0 saturated heterocycles. The van der Waals surface area contributed by atoms with Gasteiger partial charge < -0.3 is 5.32 Å². The summed E-state index contributed by atoms with van der Waals surface area (Å²) in [5.41, 5.74) is 0.416. The molecule has 0 aliphatic heterocycles. The molecule has 20 heavy (non-hydrogen) atoms. The van der Waals surface area contributed by atoms with E-state index in [2.05, 4.69) is 5.32 Å². The maximum Gasteiger partial charge on any atom is 0.393 e. The molecule has 1 fully saturated rings. The Balaban J connectivity index is 2.09. The second kappa shape index (κ2) is 6.12. The lowest BCUT2D eigenvalue weighted by atomic mass is 9.83. The van der Waals surface area contributed by atoms with E-state index in [4.69, 9.17) is 0 Å². The molecule has 0 spiro atoms.